The van der Waals surface area contributed by atoms with Crippen molar-refractivity contribution in [3.05, 3.63) is 39.6 Å². The maximum Gasteiger partial charge on any atom is 0.120 e. The number of hydrogen-bond donors (Lipinski definition) is 2. The number of aromatic nitrogens is 2. The Morgan fingerprint density at radius 3 is 2.87 bits per heavy atom. The average Bonchev–Trinajstić information content (AvgIpc) is 2.77. The van der Waals surface area contributed by atoms with Gasteiger partial charge in [-0.2, -0.15) is 0 Å². The molecule has 0 aliphatic heterocycles. The molecule has 0 aromatic carbocycles. The van der Waals surface area contributed by atoms with Crippen LogP contribution in [0.3, 0.4) is 0 Å². The van der Waals surface area contributed by atoms with Crippen molar-refractivity contribution in [2.75, 3.05) is 0 Å². The van der Waals surface area contributed by atoms with Gasteiger partial charge in [-0.05, 0) is 25.5 Å². The number of imidazole rings is 1. The van der Waals surface area contributed by atoms with Crippen LogP contribution in [0, 0.1) is 13.8 Å². The number of nitrogens with one attached hydrogen (secondary N) is 2. The summed E-state index contributed by atoms with van der Waals surface area (Å²) in [5.41, 5.74) is 1.39. The van der Waals surface area contributed by atoms with Crippen molar-refractivity contribution in [2.24, 2.45) is 0 Å². The molecule has 80 valence electrons. The van der Waals surface area contributed by atoms with Crippen LogP contribution in [0.25, 0.3) is 0 Å². The number of aryl methyl sites for hydroxylation is 2. The van der Waals surface area contributed by atoms with Gasteiger partial charge in [0.15, 0.2) is 0 Å². The lowest BCUT2D eigenvalue weighted by molar-refractivity contribution is 0.668. The lowest BCUT2D eigenvalue weighted by Crippen LogP contribution is -2.13. The third-order valence-electron chi connectivity index (χ3n) is 2.31. The Kier molecular flexibility index (Phi) is 3.18. The summed E-state index contributed by atoms with van der Waals surface area (Å²) >= 11 is 1.85. The van der Waals surface area contributed by atoms with Gasteiger partial charge in [0.05, 0.1) is 6.54 Å². The van der Waals surface area contributed by atoms with Crippen molar-refractivity contribution in [1.82, 2.24) is 15.3 Å². The van der Waals surface area contributed by atoms with Gasteiger partial charge in [-0.25, -0.2) is 4.98 Å². The minimum atomic E-state index is 0.793. The molecule has 2 aromatic rings. The van der Waals surface area contributed by atoms with Crippen molar-refractivity contribution < 1.29 is 0 Å². The Bertz CT molecular complexity index is 417. The highest BCUT2D eigenvalue weighted by atomic mass is 32.1. The van der Waals surface area contributed by atoms with E-state index in [2.05, 4.69) is 35.2 Å². The molecule has 0 radical (unpaired) electrons. The first-order valence-corrected chi connectivity index (χ1v) is 5.82. The van der Waals surface area contributed by atoms with Gasteiger partial charge in [-0.1, -0.05) is 0 Å². The molecule has 0 aliphatic carbocycles. The molecule has 0 atom stereocenters. The molecule has 15 heavy (non-hydrogen) atoms. The number of rotatable bonds is 4. The van der Waals surface area contributed by atoms with Crippen LogP contribution in [0.2, 0.25) is 0 Å². The van der Waals surface area contributed by atoms with Crippen LogP contribution in [0.5, 0.6) is 0 Å². The van der Waals surface area contributed by atoms with Crippen LogP contribution in [0.15, 0.2) is 18.5 Å². The molecule has 2 aromatic heterocycles. The van der Waals surface area contributed by atoms with E-state index in [9.17, 15) is 0 Å². The van der Waals surface area contributed by atoms with Crippen LogP contribution in [-0.2, 0) is 13.1 Å². The number of aromatic amines is 1. The molecule has 0 bridgehead atoms. The fraction of sp³-hybridized carbons (Fsp3) is 0.364. The molecule has 0 unspecified atom stereocenters. The van der Waals surface area contributed by atoms with E-state index >= 15 is 0 Å². The van der Waals surface area contributed by atoms with Gasteiger partial charge in [0, 0.05) is 28.7 Å². The Labute approximate surface area is 93.6 Å². The van der Waals surface area contributed by atoms with Crippen LogP contribution in [0.1, 0.15) is 21.1 Å². The monoisotopic (exact) mass is 221 g/mol. The average molecular weight is 221 g/mol. The van der Waals surface area contributed by atoms with Crippen molar-refractivity contribution in [3.8, 4) is 0 Å². The second kappa shape index (κ2) is 4.59. The summed E-state index contributed by atoms with van der Waals surface area (Å²) in [7, 11) is 0. The number of nitrogens with zero attached hydrogens (tertiary/aromatic N) is 1. The molecular formula is C11H15N3S. The second-order valence-corrected chi connectivity index (χ2v) is 5.04. The SMILES string of the molecule is Cc1cc(CNCc2ncc[nH]2)c(C)s1. The zero-order chi connectivity index (χ0) is 10.7. The van der Waals surface area contributed by atoms with E-state index in [0.29, 0.717) is 0 Å². The van der Waals surface area contributed by atoms with E-state index in [1.54, 1.807) is 6.20 Å². The first-order chi connectivity index (χ1) is 7.25. The summed E-state index contributed by atoms with van der Waals surface area (Å²) in [5, 5.41) is 3.37. The molecule has 0 saturated carbocycles. The van der Waals surface area contributed by atoms with Gasteiger partial charge < -0.3 is 10.3 Å². The van der Waals surface area contributed by atoms with Crippen molar-refractivity contribution in [2.45, 2.75) is 26.9 Å². The van der Waals surface area contributed by atoms with E-state index < -0.39 is 0 Å². The lowest BCUT2D eigenvalue weighted by Gasteiger charge is -2.01. The van der Waals surface area contributed by atoms with E-state index in [1.807, 2.05) is 17.5 Å². The minimum absolute atomic E-state index is 0.793. The Hall–Kier alpha value is -1.13. The van der Waals surface area contributed by atoms with Crippen molar-refractivity contribution in [3.63, 3.8) is 0 Å². The Morgan fingerprint density at radius 1 is 1.40 bits per heavy atom. The van der Waals surface area contributed by atoms with Gasteiger partial charge in [0.1, 0.15) is 5.82 Å². The minimum Gasteiger partial charge on any atom is -0.348 e. The molecule has 0 saturated heterocycles. The highest BCUT2D eigenvalue weighted by molar-refractivity contribution is 7.12. The van der Waals surface area contributed by atoms with Gasteiger partial charge in [0.2, 0.25) is 0 Å². The molecule has 4 heteroatoms. The predicted molar refractivity (Wildman–Crippen MR) is 62.9 cm³/mol. The standard InChI is InChI=1S/C11H15N3S/c1-8-5-10(9(2)15-8)6-12-7-11-13-3-4-14-11/h3-5,12H,6-7H2,1-2H3,(H,13,14). The second-order valence-electron chi connectivity index (χ2n) is 3.58. The first kappa shape index (κ1) is 10.4. The topological polar surface area (TPSA) is 40.7 Å². The summed E-state index contributed by atoms with van der Waals surface area (Å²) in [6, 6.07) is 2.25. The fourth-order valence-electron chi connectivity index (χ4n) is 1.57. The van der Waals surface area contributed by atoms with Crippen molar-refractivity contribution in [1.29, 1.82) is 0 Å². The van der Waals surface area contributed by atoms with E-state index in [4.69, 9.17) is 0 Å². The van der Waals surface area contributed by atoms with Gasteiger partial charge >= 0.3 is 0 Å². The van der Waals surface area contributed by atoms with Crippen LogP contribution >= 0.6 is 11.3 Å². The third-order valence-corrected chi connectivity index (χ3v) is 3.31. The van der Waals surface area contributed by atoms with Crippen molar-refractivity contribution >= 4 is 11.3 Å². The molecule has 0 fully saturated rings. The Balaban J connectivity index is 1.86. The summed E-state index contributed by atoms with van der Waals surface area (Å²) < 4.78 is 0. The summed E-state index contributed by atoms with van der Waals surface area (Å²) in [4.78, 5) is 10.0. The number of thiophene rings is 1. The largest absolute Gasteiger partial charge is 0.348 e. The highest BCUT2D eigenvalue weighted by Crippen LogP contribution is 2.20. The number of H-pyrrole nitrogens is 1. The normalized spacial score (nSPS) is 10.8. The summed E-state index contributed by atoms with van der Waals surface area (Å²) in [6.45, 7) is 6.02. The maximum absolute atomic E-state index is 4.16. The Morgan fingerprint density at radius 2 is 2.27 bits per heavy atom. The van der Waals surface area contributed by atoms with E-state index in [0.717, 1.165) is 18.9 Å². The van der Waals surface area contributed by atoms with E-state index in [1.165, 1.54) is 15.3 Å². The predicted octanol–water partition coefficient (Wildman–Crippen LogP) is 2.38. The summed E-state index contributed by atoms with van der Waals surface area (Å²) in [5.74, 6) is 0.986. The molecule has 2 N–H and O–H groups in total. The number of hydrogen-bond acceptors (Lipinski definition) is 3. The zero-order valence-electron chi connectivity index (χ0n) is 9.00. The van der Waals surface area contributed by atoms with Crippen LogP contribution in [-0.4, -0.2) is 9.97 Å². The summed E-state index contributed by atoms with van der Waals surface area (Å²) in [6.07, 6.45) is 3.62. The maximum atomic E-state index is 4.16. The van der Waals surface area contributed by atoms with Gasteiger partial charge in [-0.3, -0.25) is 0 Å². The van der Waals surface area contributed by atoms with Crippen LogP contribution < -0.4 is 5.32 Å². The third kappa shape index (κ3) is 2.67. The molecule has 2 heterocycles. The zero-order valence-corrected chi connectivity index (χ0v) is 9.82. The lowest BCUT2D eigenvalue weighted by atomic mass is 10.2. The molecule has 0 aliphatic rings. The first-order valence-electron chi connectivity index (χ1n) is 5.00. The molecular weight excluding hydrogens is 206 g/mol. The van der Waals surface area contributed by atoms with Gasteiger partial charge in [0.25, 0.3) is 0 Å². The van der Waals surface area contributed by atoms with Gasteiger partial charge in [-0.15, -0.1) is 11.3 Å². The smallest absolute Gasteiger partial charge is 0.120 e. The quantitative estimate of drug-likeness (QED) is 0.832. The molecule has 3 nitrogen and oxygen atoms in total. The van der Waals surface area contributed by atoms with Crippen LogP contribution in [0.4, 0.5) is 0 Å². The molecule has 2 rings (SSSR count). The molecule has 0 spiro atoms. The fourth-order valence-corrected chi connectivity index (χ4v) is 2.52. The highest BCUT2D eigenvalue weighted by Gasteiger charge is 2.02. The molecule has 0 amide bonds. The van der Waals surface area contributed by atoms with E-state index in [-0.39, 0.29) is 0 Å².